The standard InChI is InChI=1S/C12H9ClN2S/c1-15-10-6-11(16-12(10)7-14)8-3-2-4-9(13)5-8/h2-6,15H,1H3. The van der Waals surface area contributed by atoms with Crippen molar-refractivity contribution in [3.8, 4) is 16.5 Å². The number of benzene rings is 1. The number of nitriles is 1. The lowest BCUT2D eigenvalue weighted by molar-refractivity contribution is 1.49. The van der Waals surface area contributed by atoms with Crippen molar-refractivity contribution in [3.63, 3.8) is 0 Å². The molecule has 0 saturated carbocycles. The Morgan fingerprint density at radius 1 is 1.38 bits per heavy atom. The van der Waals surface area contributed by atoms with Crippen LogP contribution < -0.4 is 5.32 Å². The van der Waals surface area contributed by atoms with E-state index in [0.29, 0.717) is 9.90 Å². The van der Waals surface area contributed by atoms with Crippen LogP contribution in [0.4, 0.5) is 5.69 Å². The van der Waals surface area contributed by atoms with Gasteiger partial charge in [-0.15, -0.1) is 11.3 Å². The van der Waals surface area contributed by atoms with Crippen molar-refractivity contribution >= 4 is 28.6 Å². The molecule has 0 fully saturated rings. The summed E-state index contributed by atoms with van der Waals surface area (Å²) in [7, 11) is 1.81. The van der Waals surface area contributed by atoms with E-state index in [1.165, 1.54) is 11.3 Å². The highest BCUT2D eigenvalue weighted by molar-refractivity contribution is 7.16. The fourth-order valence-electron chi connectivity index (χ4n) is 1.44. The Morgan fingerprint density at radius 3 is 2.75 bits per heavy atom. The zero-order valence-corrected chi connectivity index (χ0v) is 10.2. The molecule has 0 radical (unpaired) electrons. The molecule has 0 saturated heterocycles. The third kappa shape index (κ3) is 2.04. The Kier molecular flexibility index (Phi) is 3.14. The van der Waals surface area contributed by atoms with Gasteiger partial charge in [0.05, 0.1) is 5.69 Å². The predicted molar refractivity (Wildman–Crippen MR) is 69.0 cm³/mol. The van der Waals surface area contributed by atoms with Gasteiger partial charge in [0.15, 0.2) is 0 Å². The van der Waals surface area contributed by atoms with Crippen LogP contribution in [-0.4, -0.2) is 7.05 Å². The Hall–Kier alpha value is -1.50. The van der Waals surface area contributed by atoms with Gasteiger partial charge in [-0.25, -0.2) is 0 Å². The molecule has 80 valence electrons. The summed E-state index contributed by atoms with van der Waals surface area (Å²) in [5.41, 5.74) is 1.90. The lowest BCUT2D eigenvalue weighted by Crippen LogP contribution is -1.86. The van der Waals surface area contributed by atoms with Gasteiger partial charge in [0, 0.05) is 16.9 Å². The van der Waals surface area contributed by atoms with E-state index in [0.717, 1.165) is 16.1 Å². The minimum Gasteiger partial charge on any atom is -0.386 e. The Morgan fingerprint density at radius 2 is 2.19 bits per heavy atom. The van der Waals surface area contributed by atoms with E-state index in [4.69, 9.17) is 16.9 Å². The quantitative estimate of drug-likeness (QED) is 0.873. The molecule has 4 heteroatoms. The van der Waals surface area contributed by atoms with E-state index in [9.17, 15) is 0 Å². The number of nitrogens with zero attached hydrogens (tertiary/aromatic N) is 1. The van der Waals surface area contributed by atoms with Gasteiger partial charge in [0.25, 0.3) is 0 Å². The number of anilines is 1. The zero-order chi connectivity index (χ0) is 11.5. The first-order valence-electron chi connectivity index (χ1n) is 4.72. The van der Waals surface area contributed by atoms with E-state index in [1.807, 2.05) is 37.4 Å². The SMILES string of the molecule is CNc1cc(-c2cccc(Cl)c2)sc1C#N. The summed E-state index contributed by atoms with van der Waals surface area (Å²) in [5, 5.41) is 12.7. The fraction of sp³-hybridized carbons (Fsp3) is 0.0833. The van der Waals surface area contributed by atoms with Gasteiger partial charge in [-0.3, -0.25) is 0 Å². The Bertz CT molecular complexity index is 554. The second kappa shape index (κ2) is 4.56. The molecule has 1 heterocycles. The molecular formula is C12H9ClN2S. The molecule has 1 aromatic heterocycles. The topological polar surface area (TPSA) is 35.8 Å². The number of halogens is 1. The highest BCUT2D eigenvalue weighted by atomic mass is 35.5. The van der Waals surface area contributed by atoms with E-state index in [-0.39, 0.29) is 0 Å². The zero-order valence-electron chi connectivity index (χ0n) is 8.62. The van der Waals surface area contributed by atoms with Crippen LogP contribution >= 0.6 is 22.9 Å². The highest BCUT2D eigenvalue weighted by Crippen LogP contribution is 2.34. The molecule has 0 spiro atoms. The maximum atomic E-state index is 8.96. The summed E-state index contributed by atoms with van der Waals surface area (Å²) in [5.74, 6) is 0. The first kappa shape index (κ1) is 11.0. The molecule has 1 aromatic carbocycles. The van der Waals surface area contributed by atoms with Crippen molar-refractivity contribution in [3.05, 3.63) is 40.2 Å². The van der Waals surface area contributed by atoms with Crippen LogP contribution in [0.5, 0.6) is 0 Å². The first-order chi connectivity index (χ1) is 7.74. The molecular weight excluding hydrogens is 240 g/mol. The normalized spacial score (nSPS) is 9.81. The smallest absolute Gasteiger partial charge is 0.128 e. The van der Waals surface area contributed by atoms with Gasteiger partial charge in [-0.2, -0.15) is 5.26 Å². The van der Waals surface area contributed by atoms with Crippen LogP contribution in [0.15, 0.2) is 30.3 Å². The van der Waals surface area contributed by atoms with Crippen molar-refractivity contribution in [2.75, 3.05) is 12.4 Å². The van der Waals surface area contributed by atoms with Gasteiger partial charge in [0.2, 0.25) is 0 Å². The van der Waals surface area contributed by atoms with E-state index >= 15 is 0 Å². The van der Waals surface area contributed by atoms with Crippen LogP contribution in [0.1, 0.15) is 4.88 Å². The summed E-state index contributed by atoms with van der Waals surface area (Å²) in [6.45, 7) is 0. The second-order valence-corrected chi connectivity index (χ2v) is 4.71. The van der Waals surface area contributed by atoms with Crippen molar-refractivity contribution in [2.24, 2.45) is 0 Å². The largest absolute Gasteiger partial charge is 0.386 e. The first-order valence-corrected chi connectivity index (χ1v) is 5.91. The second-order valence-electron chi connectivity index (χ2n) is 3.23. The van der Waals surface area contributed by atoms with Gasteiger partial charge < -0.3 is 5.32 Å². The average Bonchev–Trinajstić information content (AvgIpc) is 2.72. The van der Waals surface area contributed by atoms with Crippen molar-refractivity contribution in [1.29, 1.82) is 5.26 Å². The molecule has 0 aliphatic heterocycles. The third-order valence-corrected chi connectivity index (χ3v) is 3.54. The number of rotatable bonds is 2. The Labute approximate surface area is 103 Å². The molecule has 0 amide bonds. The van der Waals surface area contributed by atoms with Crippen LogP contribution in [0.3, 0.4) is 0 Å². The van der Waals surface area contributed by atoms with Gasteiger partial charge in [-0.05, 0) is 23.8 Å². The van der Waals surface area contributed by atoms with Crippen LogP contribution in [-0.2, 0) is 0 Å². The van der Waals surface area contributed by atoms with Crippen molar-refractivity contribution in [1.82, 2.24) is 0 Å². The van der Waals surface area contributed by atoms with Crippen molar-refractivity contribution in [2.45, 2.75) is 0 Å². The minimum atomic E-state index is 0.692. The van der Waals surface area contributed by atoms with Crippen LogP contribution in [0.25, 0.3) is 10.4 Å². The van der Waals surface area contributed by atoms with Crippen LogP contribution in [0, 0.1) is 11.3 Å². The molecule has 1 N–H and O–H groups in total. The van der Waals surface area contributed by atoms with E-state index in [1.54, 1.807) is 0 Å². The van der Waals surface area contributed by atoms with E-state index < -0.39 is 0 Å². The molecule has 0 bridgehead atoms. The lowest BCUT2D eigenvalue weighted by atomic mass is 10.2. The van der Waals surface area contributed by atoms with E-state index in [2.05, 4.69) is 11.4 Å². The molecule has 0 aliphatic carbocycles. The van der Waals surface area contributed by atoms with Crippen LogP contribution in [0.2, 0.25) is 5.02 Å². The predicted octanol–water partition coefficient (Wildman–Crippen LogP) is 3.98. The monoisotopic (exact) mass is 248 g/mol. The summed E-state index contributed by atoms with van der Waals surface area (Å²) < 4.78 is 0. The number of nitrogens with one attached hydrogen (secondary N) is 1. The summed E-state index contributed by atoms with van der Waals surface area (Å²) >= 11 is 7.40. The van der Waals surface area contributed by atoms with Crippen molar-refractivity contribution < 1.29 is 0 Å². The minimum absolute atomic E-state index is 0.692. The average molecular weight is 249 g/mol. The maximum Gasteiger partial charge on any atom is 0.128 e. The number of hydrogen-bond acceptors (Lipinski definition) is 3. The van der Waals surface area contributed by atoms with Gasteiger partial charge >= 0.3 is 0 Å². The molecule has 2 nitrogen and oxygen atoms in total. The third-order valence-electron chi connectivity index (χ3n) is 2.21. The molecule has 16 heavy (non-hydrogen) atoms. The number of hydrogen-bond donors (Lipinski definition) is 1. The Balaban J connectivity index is 2.49. The summed E-state index contributed by atoms with van der Waals surface area (Å²) in [4.78, 5) is 1.74. The molecule has 0 atom stereocenters. The van der Waals surface area contributed by atoms with Gasteiger partial charge in [-0.1, -0.05) is 23.7 Å². The summed E-state index contributed by atoms with van der Waals surface area (Å²) in [6, 6.07) is 11.8. The fourth-order valence-corrected chi connectivity index (χ4v) is 2.59. The molecule has 0 unspecified atom stereocenters. The lowest BCUT2D eigenvalue weighted by Gasteiger charge is -1.96. The number of thiophene rings is 1. The molecule has 0 aliphatic rings. The summed E-state index contributed by atoms with van der Waals surface area (Å²) in [6.07, 6.45) is 0. The molecule has 2 aromatic rings. The molecule has 2 rings (SSSR count). The van der Waals surface area contributed by atoms with Gasteiger partial charge in [0.1, 0.15) is 10.9 Å². The maximum absolute atomic E-state index is 8.96. The highest BCUT2D eigenvalue weighted by Gasteiger charge is 2.08.